The molecule has 0 spiro atoms. The van der Waals surface area contributed by atoms with Crippen LogP contribution in [-0.2, 0) is 6.54 Å². The van der Waals surface area contributed by atoms with Gasteiger partial charge in [0.05, 0.1) is 24.2 Å². The van der Waals surface area contributed by atoms with Crippen molar-refractivity contribution in [3.05, 3.63) is 47.4 Å². The Kier molecular flexibility index (Phi) is 4.90. The Bertz CT molecular complexity index is 593. The van der Waals surface area contributed by atoms with Crippen LogP contribution in [0.4, 0.5) is 11.4 Å². The quantitative estimate of drug-likeness (QED) is 0.881. The van der Waals surface area contributed by atoms with Crippen molar-refractivity contribution in [1.82, 2.24) is 0 Å². The molecule has 0 atom stereocenters. The first kappa shape index (κ1) is 15.3. The number of hydrogen-bond acceptors (Lipinski definition) is 4. The molecule has 1 aromatic carbocycles. The van der Waals surface area contributed by atoms with Crippen molar-refractivity contribution < 1.29 is 9.52 Å². The van der Waals surface area contributed by atoms with E-state index < -0.39 is 0 Å². The number of aliphatic hydroxyl groups excluding tert-OH is 1. The van der Waals surface area contributed by atoms with Crippen LogP contribution in [0.15, 0.2) is 41.0 Å². The molecule has 1 fully saturated rings. The average molecular weight is 321 g/mol. The van der Waals surface area contributed by atoms with Gasteiger partial charge in [-0.05, 0) is 49.1 Å². The van der Waals surface area contributed by atoms with Gasteiger partial charge in [-0.3, -0.25) is 0 Å². The smallest absolute Gasteiger partial charge is 0.122 e. The highest BCUT2D eigenvalue weighted by Gasteiger charge is 2.20. The average Bonchev–Trinajstić information content (AvgIpc) is 3.07. The number of hydrogen-bond donors (Lipinski definition) is 2. The van der Waals surface area contributed by atoms with Crippen molar-refractivity contribution >= 4 is 23.0 Å². The Morgan fingerprint density at radius 2 is 2.09 bits per heavy atom. The van der Waals surface area contributed by atoms with Crippen molar-refractivity contribution in [2.45, 2.75) is 19.4 Å². The SMILES string of the molecule is OCC1CCN(c2ccc(Cl)cc2NCc2ccco2)CC1. The van der Waals surface area contributed by atoms with Crippen LogP contribution in [0, 0.1) is 5.92 Å². The Labute approximate surface area is 135 Å². The largest absolute Gasteiger partial charge is 0.467 e. The lowest BCUT2D eigenvalue weighted by Crippen LogP contribution is -2.35. The number of anilines is 2. The summed E-state index contributed by atoms with van der Waals surface area (Å²) in [5.74, 6) is 1.33. The number of furan rings is 1. The van der Waals surface area contributed by atoms with Crippen molar-refractivity contribution in [3.8, 4) is 0 Å². The van der Waals surface area contributed by atoms with Crippen LogP contribution in [0.2, 0.25) is 5.02 Å². The standard InChI is InChI=1S/C17H21ClN2O2/c18-14-3-4-17(20-7-5-13(12-21)6-8-20)16(10-14)19-11-15-2-1-9-22-15/h1-4,9-10,13,19,21H,5-8,11-12H2. The van der Waals surface area contributed by atoms with Gasteiger partial charge in [-0.25, -0.2) is 0 Å². The Morgan fingerprint density at radius 1 is 1.27 bits per heavy atom. The van der Waals surface area contributed by atoms with Crippen molar-refractivity contribution in [2.75, 3.05) is 29.9 Å². The number of benzene rings is 1. The first-order valence-corrected chi connectivity index (χ1v) is 8.05. The lowest BCUT2D eigenvalue weighted by atomic mass is 9.97. The van der Waals surface area contributed by atoms with Gasteiger partial charge in [0.1, 0.15) is 5.76 Å². The number of nitrogens with one attached hydrogen (secondary N) is 1. The molecule has 4 nitrogen and oxygen atoms in total. The maximum atomic E-state index is 9.27. The zero-order chi connectivity index (χ0) is 15.4. The van der Waals surface area contributed by atoms with Crippen LogP contribution in [0.1, 0.15) is 18.6 Å². The number of halogens is 1. The van der Waals surface area contributed by atoms with E-state index in [0.29, 0.717) is 12.5 Å². The Morgan fingerprint density at radius 3 is 2.77 bits per heavy atom. The van der Waals surface area contributed by atoms with E-state index in [2.05, 4.69) is 16.3 Å². The van der Waals surface area contributed by atoms with Crippen molar-refractivity contribution in [2.24, 2.45) is 5.92 Å². The third-order valence-corrected chi connectivity index (χ3v) is 4.44. The summed E-state index contributed by atoms with van der Waals surface area (Å²) in [6.45, 7) is 2.84. The molecule has 22 heavy (non-hydrogen) atoms. The molecule has 3 rings (SSSR count). The second kappa shape index (κ2) is 7.07. The Hall–Kier alpha value is -1.65. The van der Waals surface area contributed by atoms with Gasteiger partial charge in [0.25, 0.3) is 0 Å². The molecule has 2 aromatic rings. The zero-order valence-electron chi connectivity index (χ0n) is 12.5. The number of nitrogens with zero attached hydrogens (tertiary/aromatic N) is 1. The molecular weight excluding hydrogens is 300 g/mol. The molecule has 1 saturated heterocycles. The van der Waals surface area contributed by atoms with Gasteiger partial charge < -0.3 is 19.7 Å². The van der Waals surface area contributed by atoms with Crippen molar-refractivity contribution in [3.63, 3.8) is 0 Å². The third kappa shape index (κ3) is 3.57. The summed E-state index contributed by atoms with van der Waals surface area (Å²) in [4.78, 5) is 2.35. The fourth-order valence-corrected chi connectivity index (χ4v) is 3.05. The summed E-state index contributed by atoms with van der Waals surface area (Å²) in [6, 6.07) is 9.77. The molecule has 0 saturated carbocycles. The highest BCUT2D eigenvalue weighted by atomic mass is 35.5. The van der Waals surface area contributed by atoms with Crippen LogP contribution in [-0.4, -0.2) is 24.8 Å². The van der Waals surface area contributed by atoms with Gasteiger partial charge in [0.2, 0.25) is 0 Å². The molecule has 2 N–H and O–H groups in total. The maximum absolute atomic E-state index is 9.27. The van der Waals surface area contributed by atoms with Gasteiger partial charge in [0.15, 0.2) is 0 Å². The second-order valence-electron chi connectivity index (χ2n) is 5.71. The minimum atomic E-state index is 0.290. The number of aliphatic hydroxyl groups is 1. The predicted octanol–water partition coefficient (Wildman–Crippen LogP) is 3.75. The topological polar surface area (TPSA) is 48.6 Å². The molecular formula is C17H21ClN2O2. The van der Waals surface area contributed by atoms with E-state index in [0.717, 1.165) is 48.1 Å². The molecule has 2 heterocycles. The summed E-state index contributed by atoms with van der Waals surface area (Å²) < 4.78 is 5.36. The van der Waals surface area contributed by atoms with Gasteiger partial charge >= 0.3 is 0 Å². The van der Waals surface area contributed by atoms with Crippen molar-refractivity contribution in [1.29, 1.82) is 0 Å². The Balaban J connectivity index is 1.73. The van der Waals surface area contributed by atoms with Crippen LogP contribution >= 0.6 is 11.6 Å². The second-order valence-corrected chi connectivity index (χ2v) is 6.14. The van der Waals surface area contributed by atoms with Gasteiger partial charge in [-0.1, -0.05) is 11.6 Å². The minimum absolute atomic E-state index is 0.290. The monoisotopic (exact) mass is 320 g/mol. The summed E-state index contributed by atoms with van der Waals surface area (Å²) in [7, 11) is 0. The molecule has 118 valence electrons. The van der Waals surface area contributed by atoms with Gasteiger partial charge in [-0.15, -0.1) is 0 Å². The molecule has 1 aliphatic rings. The van der Waals surface area contributed by atoms with Crippen LogP contribution in [0.5, 0.6) is 0 Å². The first-order valence-electron chi connectivity index (χ1n) is 7.68. The van der Waals surface area contributed by atoms with Gasteiger partial charge in [0, 0.05) is 24.7 Å². The van der Waals surface area contributed by atoms with E-state index >= 15 is 0 Å². The number of rotatable bonds is 5. The van der Waals surface area contributed by atoms with E-state index in [9.17, 15) is 5.11 Å². The number of piperidine rings is 1. The summed E-state index contributed by atoms with van der Waals surface area (Å²) in [5, 5.41) is 13.4. The first-order chi connectivity index (χ1) is 10.8. The minimum Gasteiger partial charge on any atom is -0.467 e. The third-order valence-electron chi connectivity index (χ3n) is 4.21. The molecule has 5 heteroatoms. The maximum Gasteiger partial charge on any atom is 0.122 e. The van der Waals surface area contributed by atoms with E-state index in [1.54, 1.807) is 6.26 Å². The zero-order valence-corrected chi connectivity index (χ0v) is 13.2. The fraction of sp³-hybridized carbons (Fsp3) is 0.412. The predicted molar refractivity (Wildman–Crippen MR) is 89.5 cm³/mol. The lowest BCUT2D eigenvalue weighted by Gasteiger charge is -2.34. The summed E-state index contributed by atoms with van der Waals surface area (Å²) in [6.07, 6.45) is 3.73. The fourth-order valence-electron chi connectivity index (χ4n) is 2.88. The van der Waals surface area contributed by atoms with Gasteiger partial charge in [-0.2, -0.15) is 0 Å². The lowest BCUT2D eigenvalue weighted by molar-refractivity contribution is 0.203. The molecule has 0 radical (unpaired) electrons. The molecule has 0 aliphatic carbocycles. The normalized spacial score (nSPS) is 16.0. The summed E-state index contributed by atoms with van der Waals surface area (Å²) >= 11 is 6.15. The molecule has 1 aromatic heterocycles. The molecule has 0 amide bonds. The molecule has 1 aliphatic heterocycles. The van der Waals surface area contributed by atoms with Crippen LogP contribution < -0.4 is 10.2 Å². The highest BCUT2D eigenvalue weighted by molar-refractivity contribution is 6.31. The van der Waals surface area contributed by atoms with E-state index in [-0.39, 0.29) is 6.61 Å². The molecule has 0 bridgehead atoms. The highest BCUT2D eigenvalue weighted by Crippen LogP contribution is 2.32. The van der Waals surface area contributed by atoms with Crippen LogP contribution in [0.3, 0.4) is 0 Å². The molecule has 0 unspecified atom stereocenters. The summed E-state index contributed by atoms with van der Waals surface area (Å²) in [5.41, 5.74) is 2.18. The van der Waals surface area contributed by atoms with E-state index in [4.69, 9.17) is 16.0 Å². The van der Waals surface area contributed by atoms with E-state index in [1.807, 2.05) is 24.3 Å². The van der Waals surface area contributed by atoms with E-state index in [1.165, 1.54) is 0 Å². The van der Waals surface area contributed by atoms with Crippen LogP contribution in [0.25, 0.3) is 0 Å².